The maximum absolute atomic E-state index is 11.6. The quantitative estimate of drug-likeness (QED) is 0.146. The van der Waals surface area contributed by atoms with Crippen LogP contribution in [0.2, 0.25) is 0 Å². The zero-order valence-corrected chi connectivity index (χ0v) is 27.2. The maximum Gasteiger partial charge on any atom is 0.317 e. The summed E-state index contributed by atoms with van der Waals surface area (Å²) in [6.07, 6.45) is 6.81. The Balaban J connectivity index is 1.34. The van der Waals surface area contributed by atoms with Crippen molar-refractivity contribution in [2.75, 3.05) is 6.54 Å². The second kappa shape index (κ2) is 14.9. The minimum Gasteiger partial charge on any atom is -0.489 e. The summed E-state index contributed by atoms with van der Waals surface area (Å²) in [7, 11) is 0. The third-order valence-corrected chi connectivity index (χ3v) is 9.69. The van der Waals surface area contributed by atoms with E-state index in [1.807, 2.05) is 11.1 Å². The molecule has 0 unspecified atom stereocenters. The van der Waals surface area contributed by atoms with Crippen LogP contribution in [0.4, 0.5) is 0 Å². The van der Waals surface area contributed by atoms with Crippen LogP contribution in [0.25, 0.3) is 11.1 Å². The van der Waals surface area contributed by atoms with Crippen LogP contribution in [0.5, 0.6) is 5.75 Å². The van der Waals surface area contributed by atoms with Gasteiger partial charge in [0.1, 0.15) is 17.4 Å². The molecule has 0 saturated carbocycles. The fourth-order valence-corrected chi connectivity index (χ4v) is 7.04. The van der Waals surface area contributed by atoms with Gasteiger partial charge in [0.2, 0.25) is 0 Å². The van der Waals surface area contributed by atoms with E-state index in [4.69, 9.17) is 4.74 Å². The Morgan fingerprint density at radius 1 is 0.976 bits per heavy atom. The molecule has 1 N–H and O–H groups in total. The molecule has 5 nitrogen and oxygen atoms in total. The monoisotopic (exact) mass is 604 g/mol. The predicted octanol–water partition coefficient (Wildman–Crippen LogP) is 9.52. The van der Waals surface area contributed by atoms with Gasteiger partial charge in [-0.05, 0) is 70.0 Å². The Morgan fingerprint density at radius 2 is 1.67 bits per heavy atom. The highest BCUT2D eigenvalue weighted by atomic mass is 32.1. The zero-order valence-electron chi connectivity index (χ0n) is 25.6. The van der Waals surface area contributed by atoms with Gasteiger partial charge in [-0.25, -0.2) is 4.98 Å². The van der Waals surface area contributed by atoms with Gasteiger partial charge in [-0.15, -0.1) is 22.7 Å². The minimum absolute atomic E-state index is 0.0207. The molecule has 0 aliphatic heterocycles. The molecular weight excluding hydrogens is 561 g/mol. The Hall–Kier alpha value is -3.00. The first-order valence-electron chi connectivity index (χ1n) is 14.9. The molecule has 7 heteroatoms. The average Bonchev–Trinajstić information content (AvgIpc) is 3.62. The van der Waals surface area contributed by atoms with Crippen molar-refractivity contribution in [3.05, 3.63) is 92.1 Å². The standard InChI is InChI=1S/C35H44N2O3S2/c1-6-8-26(9-7-2)27-14-16-30(17-15-27)40-23-25-10-12-28(13-11-25)29-18-31(41-24-29)20-37(22-34(38)39)21-33-36-19-32(42-33)35(3,4)5/h10-19,24,26H,6-9,20-23H2,1-5H3,(H,38,39). The van der Waals surface area contributed by atoms with Gasteiger partial charge >= 0.3 is 5.97 Å². The molecule has 42 heavy (non-hydrogen) atoms. The summed E-state index contributed by atoms with van der Waals surface area (Å²) in [6.45, 7) is 12.6. The second-order valence-electron chi connectivity index (χ2n) is 12.0. The van der Waals surface area contributed by atoms with Crippen molar-refractivity contribution >= 4 is 28.6 Å². The topological polar surface area (TPSA) is 62.7 Å². The van der Waals surface area contributed by atoms with Crippen LogP contribution < -0.4 is 4.74 Å². The molecule has 224 valence electrons. The van der Waals surface area contributed by atoms with E-state index >= 15 is 0 Å². The van der Waals surface area contributed by atoms with E-state index in [1.54, 1.807) is 22.7 Å². The zero-order chi connectivity index (χ0) is 30.1. The molecule has 2 aromatic heterocycles. The number of aliphatic carboxylic acids is 1. The van der Waals surface area contributed by atoms with Gasteiger partial charge in [-0.3, -0.25) is 9.69 Å². The van der Waals surface area contributed by atoms with E-state index in [1.165, 1.54) is 36.1 Å². The SMILES string of the molecule is CCCC(CCC)c1ccc(OCc2ccc(-c3csc(CN(CC(=O)O)Cc4ncc(C(C)(C)C)s4)c3)cc2)cc1. The molecule has 0 fully saturated rings. The molecular formula is C35H44N2O3S2. The molecule has 2 aromatic carbocycles. The van der Waals surface area contributed by atoms with Crippen LogP contribution in [-0.2, 0) is 29.9 Å². The summed E-state index contributed by atoms with van der Waals surface area (Å²) in [4.78, 5) is 20.4. The second-order valence-corrected chi connectivity index (χ2v) is 14.1. The maximum atomic E-state index is 11.6. The van der Waals surface area contributed by atoms with Gasteiger partial charge in [-0.2, -0.15) is 0 Å². The summed E-state index contributed by atoms with van der Waals surface area (Å²) in [5.74, 6) is 0.708. The van der Waals surface area contributed by atoms with Crippen LogP contribution in [0.1, 0.15) is 92.1 Å². The molecule has 0 amide bonds. The fraction of sp³-hybridized carbons (Fsp3) is 0.429. The third kappa shape index (κ3) is 9.25. The van der Waals surface area contributed by atoms with Crippen LogP contribution in [0.3, 0.4) is 0 Å². The van der Waals surface area contributed by atoms with E-state index in [0.717, 1.165) is 32.3 Å². The van der Waals surface area contributed by atoms with Crippen LogP contribution in [0, 0.1) is 0 Å². The van der Waals surface area contributed by atoms with Gasteiger partial charge in [0.05, 0.1) is 13.1 Å². The van der Waals surface area contributed by atoms with Gasteiger partial charge in [0, 0.05) is 22.5 Å². The molecule has 2 heterocycles. The molecule has 0 bridgehead atoms. The first-order chi connectivity index (χ1) is 20.1. The first-order valence-corrected chi connectivity index (χ1v) is 16.6. The summed E-state index contributed by atoms with van der Waals surface area (Å²) in [5.41, 5.74) is 4.86. The van der Waals surface area contributed by atoms with E-state index in [0.29, 0.717) is 25.6 Å². The Bertz CT molecular complexity index is 1400. The van der Waals surface area contributed by atoms with Crippen LogP contribution >= 0.6 is 22.7 Å². The lowest BCUT2D eigenvalue weighted by Crippen LogP contribution is -2.28. The highest BCUT2D eigenvalue weighted by molar-refractivity contribution is 7.11. The number of aromatic nitrogens is 1. The minimum atomic E-state index is -0.828. The number of benzene rings is 2. The molecule has 4 aromatic rings. The fourth-order valence-electron chi connectivity index (χ4n) is 5.09. The summed E-state index contributed by atoms with van der Waals surface area (Å²) in [5, 5.41) is 12.6. The molecule has 0 aliphatic rings. The van der Waals surface area contributed by atoms with Crippen molar-refractivity contribution < 1.29 is 14.6 Å². The number of hydrogen-bond acceptors (Lipinski definition) is 6. The highest BCUT2D eigenvalue weighted by Gasteiger charge is 2.20. The molecule has 0 aliphatic carbocycles. The normalized spacial score (nSPS) is 11.9. The molecule has 0 radical (unpaired) electrons. The predicted molar refractivity (Wildman–Crippen MR) is 176 cm³/mol. The Morgan fingerprint density at radius 3 is 2.26 bits per heavy atom. The Labute approximate surface area is 259 Å². The van der Waals surface area contributed by atoms with Crippen LogP contribution in [0.15, 0.2) is 66.2 Å². The van der Waals surface area contributed by atoms with Gasteiger partial charge in [-0.1, -0.05) is 83.9 Å². The summed E-state index contributed by atoms with van der Waals surface area (Å²) < 4.78 is 6.08. The lowest BCUT2D eigenvalue weighted by molar-refractivity contribution is -0.138. The highest BCUT2D eigenvalue weighted by Crippen LogP contribution is 2.31. The first kappa shape index (κ1) is 31.9. The Kier molecular flexibility index (Phi) is 11.4. The van der Waals surface area contributed by atoms with Crippen molar-refractivity contribution in [1.82, 2.24) is 9.88 Å². The van der Waals surface area contributed by atoms with E-state index in [2.05, 4.69) is 99.6 Å². The summed E-state index contributed by atoms with van der Waals surface area (Å²) in [6, 6.07) is 19.3. The number of rotatable bonds is 15. The van der Waals surface area contributed by atoms with E-state index in [9.17, 15) is 9.90 Å². The molecule has 0 saturated heterocycles. The summed E-state index contributed by atoms with van der Waals surface area (Å²) >= 11 is 3.33. The van der Waals surface area contributed by atoms with Crippen LogP contribution in [-0.4, -0.2) is 27.5 Å². The number of thiophene rings is 1. The largest absolute Gasteiger partial charge is 0.489 e. The number of ether oxygens (including phenoxy) is 1. The number of hydrogen-bond donors (Lipinski definition) is 1. The lowest BCUT2D eigenvalue weighted by Gasteiger charge is -2.18. The molecule has 0 atom stereocenters. The molecule has 0 spiro atoms. The molecule has 4 rings (SSSR count). The number of carboxylic acid groups (broad SMARTS) is 1. The number of thiazole rings is 1. The number of carboxylic acids is 1. The average molecular weight is 605 g/mol. The van der Waals surface area contributed by atoms with Crippen molar-refractivity contribution in [1.29, 1.82) is 0 Å². The third-order valence-electron chi connectivity index (χ3n) is 7.36. The van der Waals surface area contributed by atoms with Crippen molar-refractivity contribution in [3.8, 4) is 16.9 Å². The van der Waals surface area contributed by atoms with E-state index < -0.39 is 5.97 Å². The van der Waals surface area contributed by atoms with E-state index in [-0.39, 0.29) is 12.0 Å². The van der Waals surface area contributed by atoms with Crippen molar-refractivity contribution in [2.45, 2.75) is 91.3 Å². The number of nitrogens with zero attached hydrogens (tertiary/aromatic N) is 2. The number of carbonyl (C=O) groups is 1. The lowest BCUT2D eigenvalue weighted by atomic mass is 9.90. The smallest absolute Gasteiger partial charge is 0.317 e. The van der Waals surface area contributed by atoms with Crippen molar-refractivity contribution in [2.24, 2.45) is 0 Å². The van der Waals surface area contributed by atoms with Gasteiger partial charge < -0.3 is 9.84 Å². The van der Waals surface area contributed by atoms with Crippen molar-refractivity contribution in [3.63, 3.8) is 0 Å². The van der Waals surface area contributed by atoms with Gasteiger partial charge in [0.25, 0.3) is 0 Å². The van der Waals surface area contributed by atoms with Gasteiger partial charge in [0.15, 0.2) is 0 Å².